The largest absolute Gasteiger partial charge is 0.488 e. The van der Waals surface area contributed by atoms with Crippen molar-refractivity contribution >= 4 is 17.5 Å². The molecule has 0 aliphatic carbocycles. The number of ketones is 1. The zero-order valence-corrected chi connectivity index (χ0v) is 13.9. The quantitative estimate of drug-likeness (QED) is 0.780. The molecule has 0 aromatic heterocycles. The molecular weight excluding hydrogens is 298 g/mol. The van der Waals surface area contributed by atoms with E-state index in [-0.39, 0.29) is 5.78 Å². The molecule has 0 spiro atoms. The van der Waals surface area contributed by atoms with E-state index in [9.17, 15) is 4.79 Å². The van der Waals surface area contributed by atoms with Crippen LogP contribution >= 0.6 is 0 Å². The number of hydrogen-bond acceptors (Lipinski definition) is 3. The summed E-state index contributed by atoms with van der Waals surface area (Å²) in [4.78, 5) is 15.1. The first kappa shape index (κ1) is 15.0. The Labute approximate surface area is 142 Å². The molecule has 2 heterocycles. The van der Waals surface area contributed by atoms with Crippen LogP contribution in [-0.4, -0.2) is 25.5 Å². The molecule has 0 unspecified atom stereocenters. The minimum atomic E-state index is 0.0738. The number of Topliss-reactive ketones (excluding diaryl/α,β-unsaturated/α-hetero) is 1. The minimum absolute atomic E-state index is 0.0738. The van der Waals surface area contributed by atoms with Crippen LogP contribution in [0, 0.1) is 0 Å². The van der Waals surface area contributed by atoms with Gasteiger partial charge in [-0.25, -0.2) is 0 Å². The Hall–Kier alpha value is -2.55. The zero-order chi connectivity index (χ0) is 16.5. The number of carbonyl (C=O) groups excluding carboxylic acids is 1. The second-order valence-corrected chi connectivity index (χ2v) is 6.35. The molecular formula is C21H21NO2. The highest BCUT2D eigenvalue weighted by Gasteiger charge is 2.23. The smallest absolute Gasteiger partial charge is 0.196 e. The van der Waals surface area contributed by atoms with Gasteiger partial charge in [-0.05, 0) is 61.2 Å². The van der Waals surface area contributed by atoms with Gasteiger partial charge in [-0.2, -0.15) is 0 Å². The molecule has 3 heteroatoms. The summed E-state index contributed by atoms with van der Waals surface area (Å²) in [6.07, 6.45) is 4.27. The van der Waals surface area contributed by atoms with E-state index < -0.39 is 0 Å². The Kier molecular flexibility index (Phi) is 3.85. The molecule has 122 valence electrons. The van der Waals surface area contributed by atoms with Crippen LogP contribution in [-0.2, 0) is 6.42 Å². The van der Waals surface area contributed by atoms with Crippen molar-refractivity contribution in [3.05, 3.63) is 64.7 Å². The summed E-state index contributed by atoms with van der Waals surface area (Å²) < 4.78 is 5.73. The van der Waals surface area contributed by atoms with Gasteiger partial charge in [0.15, 0.2) is 5.78 Å². The van der Waals surface area contributed by atoms with Gasteiger partial charge in [0, 0.05) is 24.4 Å². The molecule has 0 N–H and O–H groups in total. The van der Waals surface area contributed by atoms with Gasteiger partial charge in [0.25, 0.3) is 0 Å². The lowest BCUT2D eigenvalue weighted by atomic mass is 9.95. The average Bonchev–Trinajstić information content (AvgIpc) is 2.63. The van der Waals surface area contributed by atoms with Crippen LogP contribution in [0.15, 0.2) is 48.0 Å². The summed E-state index contributed by atoms with van der Waals surface area (Å²) in [6, 6.07) is 14.0. The molecule has 2 aromatic rings. The minimum Gasteiger partial charge on any atom is -0.488 e. The van der Waals surface area contributed by atoms with Crippen molar-refractivity contribution in [2.24, 2.45) is 0 Å². The van der Waals surface area contributed by atoms with Gasteiger partial charge in [-0.3, -0.25) is 4.79 Å². The van der Waals surface area contributed by atoms with Crippen LogP contribution < -0.4 is 9.64 Å². The number of rotatable bonds is 2. The van der Waals surface area contributed by atoms with Gasteiger partial charge in [-0.1, -0.05) is 18.2 Å². The Morgan fingerprint density at radius 3 is 2.96 bits per heavy atom. The lowest BCUT2D eigenvalue weighted by molar-refractivity contribution is 0.100. The second-order valence-electron chi connectivity index (χ2n) is 6.35. The summed E-state index contributed by atoms with van der Waals surface area (Å²) >= 11 is 0. The third-order valence-corrected chi connectivity index (χ3v) is 4.85. The summed E-state index contributed by atoms with van der Waals surface area (Å²) in [5.74, 6) is 0.758. The van der Waals surface area contributed by atoms with E-state index in [1.807, 2.05) is 30.3 Å². The highest BCUT2D eigenvalue weighted by molar-refractivity contribution is 6.14. The third-order valence-electron chi connectivity index (χ3n) is 4.85. The van der Waals surface area contributed by atoms with Crippen molar-refractivity contribution < 1.29 is 9.53 Å². The number of fused-ring (bicyclic) bond motifs is 2. The van der Waals surface area contributed by atoms with Crippen molar-refractivity contribution in [1.82, 2.24) is 0 Å². The van der Waals surface area contributed by atoms with E-state index in [0.29, 0.717) is 17.9 Å². The Balaban J connectivity index is 1.66. The van der Waals surface area contributed by atoms with Gasteiger partial charge in [0.1, 0.15) is 12.4 Å². The summed E-state index contributed by atoms with van der Waals surface area (Å²) in [6.45, 7) is 4.71. The molecule has 0 saturated heterocycles. The SMILES string of the molecule is CCN1CCCc2cc(C=C3COc4ccccc4C3=O)ccc21. The van der Waals surface area contributed by atoms with Crippen molar-refractivity contribution in [2.75, 3.05) is 24.6 Å². The molecule has 0 amide bonds. The number of hydrogen-bond donors (Lipinski definition) is 0. The van der Waals surface area contributed by atoms with Crippen LogP contribution in [0.1, 0.15) is 34.8 Å². The first-order chi connectivity index (χ1) is 11.8. The molecule has 0 bridgehead atoms. The van der Waals surface area contributed by atoms with Gasteiger partial charge in [0.2, 0.25) is 0 Å². The maximum atomic E-state index is 12.7. The van der Waals surface area contributed by atoms with Crippen molar-refractivity contribution in [2.45, 2.75) is 19.8 Å². The van der Waals surface area contributed by atoms with Crippen molar-refractivity contribution in [1.29, 1.82) is 0 Å². The topological polar surface area (TPSA) is 29.5 Å². The van der Waals surface area contributed by atoms with Crippen LogP contribution in [0.3, 0.4) is 0 Å². The van der Waals surface area contributed by atoms with E-state index >= 15 is 0 Å². The number of nitrogens with zero attached hydrogens (tertiary/aromatic N) is 1. The van der Waals surface area contributed by atoms with Crippen molar-refractivity contribution in [3.63, 3.8) is 0 Å². The molecule has 3 nitrogen and oxygen atoms in total. The first-order valence-corrected chi connectivity index (χ1v) is 8.61. The van der Waals surface area contributed by atoms with Gasteiger partial charge in [-0.15, -0.1) is 0 Å². The fraction of sp³-hybridized carbons (Fsp3) is 0.286. The first-order valence-electron chi connectivity index (χ1n) is 8.61. The number of carbonyl (C=O) groups is 1. The standard InChI is InChI=1S/C21H21NO2/c1-2-22-11-5-6-16-12-15(9-10-19(16)22)13-17-14-24-20-8-4-3-7-18(20)21(17)23/h3-4,7-10,12-13H,2,5-6,11,14H2,1H3. The molecule has 0 radical (unpaired) electrons. The number of ether oxygens (including phenoxy) is 1. The molecule has 0 saturated carbocycles. The lowest BCUT2D eigenvalue weighted by Gasteiger charge is -2.30. The molecule has 2 aromatic carbocycles. The van der Waals surface area contributed by atoms with E-state index in [1.54, 1.807) is 0 Å². The van der Waals surface area contributed by atoms with E-state index in [2.05, 4.69) is 30.0 Å². The molecule has 4 rings (SSSR count). The molecule has 2 aliphatic rings. The van der Waals surface area contributed by atoms with Crippen molar-refractivity contribution in [3.8, 4) is 5.75 Å². The number of aryl methyl sites for hydroxylation is 1. The highest BCUT2D eigenvalue weighted by Crippen LogP contribution is 2.30. The van der Waals surface area contributed by atoms with E-state index in [4.69, 9.17) is 4.74 Å². The average molecular weight is 319 g/mol. The molecule has 24 heavy (non-hydrogen) atoms. The monoisotopic (exact) mass is 319 g/mol. The maximum Gasteiger partial charge on any atom is 0.196 e. The van der Waals surface area contributed by atoms with Gasteiger partial charge in [0.05, 0.1) is 5.56 Å². The number of anilines is 1. The third kappa shape index (κ3) is 2.60. The van der Waals surface area contributed by atoms with E-state index in [1.165, 1.54) is 17.7 Å². The molecule has 0 atom stereocenters. The summed E-state index contributed by atoms with van der Waals surface area (Å²) in [7, 11) is 0. The summed E-state index contributed by atoms with van der Waals surface area (Å²) in [5.41, 5.74) is 5.17. The normalized spacial score (nSPS) is 18.1. The molecule has 0 fully saturated rings. The predicted molar refractivity (Wildman–Crippen MR) is 96.9 cm³/mol. The fourth-order valence-electron chi connectivity index (χ4n) is 3.60. The van der Waals surface area contributed by atoms with Gasteiger partial charge >= 0.3 is 0 Å². The van der Waals surface area contributed by atoms with Crippen LogP contribution in [0.2, 0.25) is 0 Å². The van der Waals surface area contributed by atoms with Crippen LogP contribution in [0.25, 0.3) is 6.08 Å². The Bertz CT molecular complexity index is 822. The predicted octanol–water partition coefficient (Wildman–Crippen LogP) is 4.12. The van der Waals surface area contributed by atoms with Crippen LogP contribution in [0.5, 0.6) is 5.75 Å². The Morgan fingerprint density at radius 2 is 2.08 bits per heavy atom. The lowest BCUT2D eigenvalue weighted by Crippen LogP contribution is -2.28. The van der Waals surface area contributed by atoms with E-state index in [0.717, 1.165) is 30.6 Å². The highest BCUT2D eigenvalue weighted by atomic mass is 16.5. The molecule has 2 aliphatic heterocycles. The fourth-order valence-corrected chi connectivity index (χ4v) is 3.60. The summed E-state index contributed by atoms with van der Waals surface area (Å²) in [5, 5.41) is 0. The Morgan fingerprint density at radius 1 is 1.21 bits per heavy atom. The number of para-hydroxylation sites is 1. The van der Waals surface area contributed by atoms with Crippen LogP contribution in [0.4, 0.5) is 5.69 Å². The second kappa shape index (κ2) is 6.16. The van der Waals surface area contributed by atoms with Gasteiger partial charge < -0.3 is 9.64 Å². The maximum absolute atomic E-state index is 12.7. The number of benzene rings is 2. The zero-order valence-electron chi connectivity index (χ0n) is 13.9.